The lowest BCUT2D eigenvalue weighted by Crippen LogP contribution is -2.43. The van der Waals surface area contributed by atoms with E-state index in [1.54, 1.807) is 6.92 Å². The summed E-state index contributed by atoms with van der Waals surface area (Å²) in [6, 6.07) is 0. The van der Waals surface area contributed by atoms with E-state index >= 15 is 0 Å². The average molecular weight is 202 g/mol. The molecule has 0 aliphatic heterocycles. The Morgan fingerprint density at radius 2 is 2.00 bits per heavy atom. The monoisotopic (exact) mass is 202 g/mol. The standard InChI is InChI=1S/C10H20NO3/c1-8(2)10(13)14-7-9(12)6-11(3,4)5/h9,12H,1,6-7H2,2-5H3/q+1/t9-/m0/s1. The van der Waals surface area contributed by atoms with Gasteiger partial charge in [-0.2, -0.15) is 0 Å². The van der Waals surface area contributed by atoms with Gasteiger partial charge >= 0.3 is 5.97 Å². The van der Waals surface area contributed by atoms with Gasteiger partial charge in [-0.3, -0.25) is 0 Å². The molecule has 1 N–H and O–H groups in total. The van der Waals surface area contributed by atoms with E-state index in [-0.39, 0.29) is 6.61 Å². The van der Waals surface area contributed by atoms with Crippen LogP contribution >= 0.6 is 0 Å². The topological polar surface area (TPSA) is 46.5 Å². The first-order valence-corrected chi connectivity index (χ1v) is 4.53. The zero-order valence-corrected chi connectivity index (χ0v) is 9.41. The van der Waals surface area contributed by atoms with Crippen molar-refractivity contribution < 1.29 is 19.1 Å². The molecule has 14 heavy (non-hydrogen) atoms. The third-order valence-electron chi connectivity index (χ3n) is 1.51. The number of aliphatic hydroxyl groups excluding tert-OH is 1. The van der Waals surface area contributed by atoms with E-state index in [1.807, 2.05) is 21.1 Å². The molecule has 0 amide bonds. The molecule has 0 aromatic heterocycles. The van der Waals surface area contributed by atoms with Gasteiger partial charge in [0.15, 0.2) is 0 Å². The fourth-order valence-electron chi connectivity index (χ4n) is 0.980. The fraction of sp³-hybridized carbons (Fsp3) is 0.700. The van der Waals surface area contributed by atoms with Crippen molar-refractivity contribution in [3.05, 3.63) is 12.2 Å². The summed E-state index contributed by atoms with van der Waals surface area (Å²) in [7, 11) is 5.89. The van der Waals surface area contributed by atoms with Crippen LogP contribution in [0.4, 0.5) is 0 Å². The number of rotatable bonds is 5. The molecule has 0 radical (unpaired) electrons. The number of carbonyl (C=O) groups excluding carboxylic acids is 1. The Hall–Kier alpha value is -0.870. The molecule has 0 bridgehead atoms. The van der Waals surface area contributed by atoms with E-state index < -0.39 is 12.1 Å². The van der Waals surface area contributed by atoms with Crippen LogP contribution in [0.25, 0.3) is 0 Å². The van der Waals surface area contributed by atoms with Gasteiger partial charge in [-0.1, -0.05) is 6.58 Å². The van der Waals surface area contributed by atoms with Gasteiger partial charge in [0.1, 0.15) is 19.3 Å². The SMILES string of the molecule is C=C(C)C(=O)OC[C@@H](O)C[N+](C)(C)C. The summed E-state index contributed by atoms with van der Waals surface area (Å²) in [6.07, 6.45) is -0.627. The molecule has 0 aromatic rings. The van der Waals surface area contributed by atoms with Crippen LogP contribution in [0.2, 0.25) is 0 Å². The van der Waals surface area contributed by atoms with E-state index in [0.717, 1.165) is 0 Å². The molecular formula is C10H20NO3+. The molecule has 4 nitrogen and oxygen atoms in total. The van der Waals surface area contributed by atoms with Gasteiger partial charge in [-0.25, -0.2) is 4.79 Å². The molecule has 0 saturated heterocycles. The van der Waals surface area contributed by atoms with Crippen LogP contribution in [-0.2, 0) is 9.53 Å². The molecule has 0 fully saturated rings. The zero-order chi connectivity index (χ0) is 11.4. The first-order valence-electron chi connectivity index (χ1n) is 4.53. The van der Waals surface area contributed by atoms with E-state index in [2.05, 4.69) is 6.58 Å². The second-order valence-corrected chi connectivity index (χ2v) is 4.51. The van der Waals surface area contributed by atoms with Gasteiger partial charge in [-0.15, -0.1) is 0 Å². The van der Waals surface area contributed by atoms with Gasteiger partial charge in [0.05, 0.1) is 21.1 Å². The van der Waals surface area contributed by atoms with Crippen molar-refractivity contribution >= 4 is 5.97 Å². The summed E-state index contributed by atoms with van der Waals surface area (Å²) in [5.74, 6) is -0.453. The third kappa shape index (κ3) is 6.62. The molecule has 1 atom stereocenters. The van der Waals surface area contributed by atoms with Crippen molar-refractivity contribution in [2.75, 3.05) is 34.3 Å². The summed E-state index contributed by atoms with van der Waals surface area (Å²) in [5.41, 5.74) is 0.349. The number of quaternary nitrogens is 1. The maximum atomic E-state index is 11.0. The first-order chi connectivity index (χ1) is 6.22. The Morgan fingerprint density at radius 1 is 1.50 bits per heavy atom. The molecule has 0 aliphatic carbocycles. The number of aliphatic hydroxyl groups is 1. The highest BCUT2D eigenvalue weighted by atomic mass is 16.5. The van der Waals surface area contributed by atoms with Crippen molar-refractivity contribution in [2.24, 2.45) is 0 Å². The van der Waals surface area contributed by atoms with Gasteiger partial charge in [0.2, 0.25) is 0 Å². The molecule has 0 aliphatic rings. The van der Waals surface area contributed by atoms with Crippen LogP contribution in [0, 0.1) is 0 Å². The van der Waals surface area contributed by atoms with Gasteiger partial charge in [0.25, 0.3) is 0 Å². The lowest BCUT2D eigenvalue weighted by molar-refractivity contribution is -0.873. The Morgan fingerprint density at radius 3 is 2.36 bits per heavy atom. The van der Waals surface area contributed by atoms with Crippen LogP contribution < -0.4 is 0 Å². The summed E-state index contributed by atoms with van der Waals surface area (Å²) < 4.78 is 5.44. The van der Waals surface area contributed by atoms with E-state index in [9.17, 15) is 9.90 Å². The Labute approximate surface area is 85.4 Å². The minimum atomic E-state index is -0.627. The third-order valence-corrected chi connectivity index (χ3v) is 1.51. The van der Waals surface area contributed by atoms with Gasteiger partial charge in [0, 0.05) is 5.57 Å². The van der Waals surface area contributed by atoms with Crippen LogP contribution in [0.3, 0.4) is 0 Å². The molecular weight excluding hydrogens is 182 g/mol. The normalized spacial score (nSPS) is 13.5. The largest absolute Gasteiger partial charge is 0.459 e. The predicted molar refractivity (Wildman–Crippen MR) is 54.7 cm³/mol. The number of nitrogens with zero attached hydrogens (tertiary/aromatic N) is 1. The van der Waals surface area contributed by atoms with Gasteiger partial charge in [-0.05, 0) is 6.92 Å². The lowest BCUT2D eigenvalue weighted by Gasteiger charge is -2.26. The van der Waals surface area contributed by atoms with Crippen molar-refractivity contribution in [3.8, 4) is 0 Å². The number of carbonyl (C=O) groups is 1. The number of hydrogen-bond acceptors (Lipinski definition) is 3. The van der Waals surface area contributed by atoms with Crippen LogP contribution in [0.1, 0.15) is 6.92 Å². The first kappa shape index (κ1) is 13.1. The maximum absolute atomic E-state index is 11.0. The minimum absolute atomic E-state index is 0.0290. The molecule has 0 heterocycles. The highest BCUT2D eigenvalue weighted by Gasteiger charge is 2.17. The van der Waals surface area contributed by atoms with E-state index in [1.165, 1.54) is 0 Å². The highest BCUT2D eigenvalue weighted by molar-refractivity contribution is 5.86. The molecule has 0 rings (SSSR count). The fourth-order valence-corrected chi connectivity index (χ4v) is 0.980. The van der Waals surface area contributed by atoms with Crippen LogP contribution in [0.15, 0.2) is 12.2 Å². The van der Waals surface area contributed by atoms with Crippen LogP contribution in [-0.4, -0.2) is 56.0 Å². The van der Waals surface area contributed by atoms with Crippen LogP contribution in [0.5, 0.6) is 0 Å². The van der Waals surface area contributed by atoms with Crippen molar-refractivity contribution in [3.63, 3.8) is 0 Å². The Bertz CT molecular complexity index is 218. The highest BCUT2D eigenvalue weighted by Crippen LogP contribution is 1.98. The predicted octanol–water partition coefficient (Wildman–Crippen LogP) is 0.173. The Kier molecular flexibility index (Phi) is 4.80. The maximum Gasteiger partial charge on any atom is 0.333 e. The number of ether oxygens (including phenoxy) is 1. The summed E-state index contributed by atoms with van der Waals surface area (Å²) >= 11 is 0. The minimum Gasteiger partial charge on any atom is -0.459 e. The summed E-state index contributed by atoms with van der Waals surface area (Å²) in [4.78, 5) is 11.0. The van der Waals surface area contributed by atoms with E-state index in [0.29, 0.717) is 16.6 Å². The molecule has 0 spiro atoms. The second kappa shape index (κ2) is 5.12. The molecule has 82 valence electrons. The quantitative estimate of drug-likeness (QED) is 0.393. The Balaban J connectivity index is 3.80. The van der Waals surface area contributed by atoms with E-state index in [4.69, 9.17) is 4.74 Å². The second-order valence-electron chi connectivity index (χ2n) is 4.51. The van der Waals surface area contributed by atoms with Gasteiger partial charge < -0.3 is 14.3 Å². The number of esters is 1. The van der Waals surface area contributed by atoms with Crippen molar-refractivity contribution in [1.29, 1.82) is 0 Å². The van der Waals surface area contributed by atoms with Crippen molar-refractivity contribution in [1.82, 2.24) is 0 Å². The lowest BCUT2D eigenvalue weighted by atomic mass is 10.3. The summed E-state index contributed by atoms with van der Waals surface area (Å²) in [6.45, 7) is 5.60. The summed E-state index contributed by atoms with van der Waals surface area (Å²) in [5, 5.41) is 9.49. The molecule has 0 unspecified atom stereocenters. The number of hydrogen-bond donors (Lipinski definition) is 1. The van der Waals surface area contributed by atoms with Crippen molar-refractivity contribution in [2.45, 2.75) is 13.0 Å². The molecule has 4 heteroatoms. The number of likely N-dealkylation sites (N-methyl/N-ethyl adjacent to an activating group) is 1. The molecule has 0 aromatic carbocycles. The molecule has 0 saturated carbocycles. The average Bonchev–Trinajstić information content (AvgIpc) is 1.96. The smallest absolute Gasteiger partial charge is 0.333 e. The zero-order valence-electron chi connectivity index (χ0n) is 9.41.